The summed E-state index contributed by atoms with van der Waals surface area (Å²) in [6, 6.07) is 15.0. The lowest BCUT2D eigenvalue weighted by molar-refractivity contribution is -0.118. The number of halogens is 1. The molecule has 124 valence electrons. The number of benzene rings is 2. The largest absolute Gasteiger partial charge is 0.459 e. The topological polar surface area (TPSA) is 54.3 Å². The van der Waals surface area contributed by atoms with Crippen LogP contribution in [0.5, 0.6) is 0 Å². The summed E-state index contributed by atoms with van der Waals surface area (Å²) in [5.41, 5.74) is 1.25. The van der Waals surface area contributed by atoms with E-state index < -0.39 is 6.04 Å². The van der Waals surface area contributed by atoms with E-state index in [1.54, 1.807) is 19.1 Å². The van der Waals surface area contributed by atoms with Gasteiger partial charge in [0.1, 0.15) is 17.2 Å². The van der Waals surface area contributed by atoms with Crippen molar-refractivity contribution in [1.82, 2.24) is 5.32 Å². The lowest BCUT2D eigenvalue weighted by Gasteiger charge is -2.18. The third kappa shape index (κ3) is 3.63. The van der Waals surface area contributed by atoms with E-state index in [4.69, 9.17) is 4.42 Å². The lowest BCUT2D eigenvalue weighted by Crippen LogP contribution is -2.39. The standard InChI is InChI=1S/C19H19FN2O2/c1-12(18-10-14-6-3-4-9-17(14)24-18)21-13(2)19(23)22-16-8-5-7-15(20)11-16/h3-13,21H,1-2H3,(H,22,23). The fourth-order valence-corrected chi connectivity index (χ4v) is 2.57. The van der Waals surface area contributed by atoms with E-state index >= 15 is 0 Å². The van der Waals surface area contributed by atoms with Gasteiger partial charge in [-0.25, -0.2) is 4.39 Å². The molecule has 2 atom stereocenters. The Hall–Kier alpha value is -2.66. The number of para-hydroxylation sites is 1. The van der Waals surface area contributed by atoms with Gasteiger partial charge in [-0.2, -0.15) is 0 Å². The Bertz CT molecular complexity index is 826. The fourth-order valence-electron chi connectivity index (χ4n) is 2.57. The number of carbonyl (C=O) groups excluding carboxylic acids is 1. The Morgan fingerprint density at radius 1 is 1.08 bits per heavy atom. The van der Waals surface area contributed by atoms with Crippen LogP contribution >= 0.6 is 0 Å². The zero-order chi connectivity index (χ0) is 17.1. The van der Waals surface area contributed by atoms with Crippen LogP contribution in [0, 0.1) is 5.82 Å². The molecule has 0 bridgehead atoms. The van der Waals surface area contributed by atoms with Crippen molar-refractivity contribution in [3.05, 3.63) is 66.2 Å². The third-order valence-corrected chi connectivity index (χ3v) is 3.86. The molecule has 0 radical (unpaired) electrons. The van der Waals surface area contributed by atoms with E-state index in [2.05, 4.69) is 10.6 Å². The number of hydrogen-bond donors (Lipinski definition) is 2. The van der Waals surface area contributed by atoms with Crippen LogP contribution in [-0.4, -0.2) is 11.9 Å². The van der Waals surface area contributed by atoms with Crippen LogP contribution < -0.4 is 10.6 Å². The van der Waals surface area contributed by atoms with E-state index in [0.29, 0.717) is 5.69 Å². The quantitative estimate of drug-likeness (QED) is 0.737. The minimum atomic E-state index is -0.462. The lowest BCUT2D eigenvalue weighted by atomic mass is 10.2. The maximum absolute atomic E-state index is 13.2. The Morgan fingerprint density at radius 2 is 1.88 bits per heavy atom. The first-order valence-electron chi connectivity index (χ1n) is 7.84. The van der Waals surface area contributed by atoms with Crippen molar-refractivity contribution in [2.24, 2.45) is 0 Å². The molecule has 5 heteroatoms. The third-order valence-electron chi connectivity index (χ3n) is 3.86. The predicted octanol–water partition coefficient (Wildman–Crippen LogP) is 4.25. The molecule has 0 aliphatic rings. The molecule has 2 aromatic carbocycles. The van der Waals surface area contributed by atoms with Crippen LogP contribution in [0.2, 0.25) is 0 Å². The number of carbonyl (C=O) groups is 1. The van der Waals surface area contributed by atoms with Crippen LogP contribution in [-0.2, 0) is 4.79 Å². The van der Waals surface area contributed by atoms with Crippen LogP contribution in [0.4, 0.5) is 10.1 Å². The second-order valence-electron chi connectivity index (χ2n) is 5.80. The molecule has 1 heterocycles. The van der Waals surface area contributed by atoms with Gasteiger partial charge in [0.2, 0.25) is 5.91 Å². The normalized spacial score (nSPS) is 13.6. The van der Waals surface area contributed by atoms with Gasteiger partial charge in [-0.05, 0) is 44.2 Å². The van der Waals surface area contributed by atoms with E-state index in [9.17, 15) is 9.18 Å². The van der Waals surface area contributed by atoms with Crippen LogP contribution in [0.15, 0.2) is 59.0 Å². The smallest absolute Gasteiger partial charge is 0.241 e. The highest BCUT2D eigenvalue weighted by atomic mass is 19.1. The van der Waals surface area contributed by atoms with Crippen molar-refractivity contribution in [1.29, 1.82) is 0 Å². The maximum Gasteiger partial charge on any atom is 0.241 e. The summed E-state index contributed by atoms with van der Waals surface area (Å²) in [5.74, 6) is 0.147. The van der Waals surface area contributed by atoms with Crippen LogP contribution in [0.1, 0.15) is 25.6 Å². The predicted molar refractivity (Wildman–Crippen MR) is 92.3 cm³/mol. The Balaban J connectivity index is 1.64. The molecule has 1 amide bonds. The molecule has 0 aliphatic carbocycles. The molecule has 3 aromatic rings. The number of hydrogen-bond acceptors (Lipinski definition) is 3. The average molecular weight is 326 g/mol. The summed E-state index contributed by atoms with van der Waals surface area (Å²) in [6.07, 6.45) is 0. The Kier molecular flexibility index (Phi) is 4.62. The van der Waals surface area contributed by atoms with Crippen molar-refractivity contribution in [3.8, 4) is 0 Å². The number of nitrogens with one attached hydrogen (secondary N) is 2. The molecule has 2 unspecified atom stereocenters. The molecule has 0 saturated heterocycles. The first-order chi connectivity index (χ1) is 11.5. The van der Waals surface area contributed by atoms with Gasteiger partial charge in [-0.3, -0.25) is 10.1 Å². The Labute approximate surface area is 139 Å². The molecular weight excluding hydrogens is 307 g/mol. The molecular formula is C19H19FN2O2. The van der Waals surface area contributed by atoms with Gasteiger partial charge >= 0.3 is 0 Å². The van der Waals surface area contributed by atoms with Crippen molar-refractivity contribution in [3.63, 3.8) is 0 Å². The van der Waals surface area contributed by atoms with Gasteiger partial charge in [-0.1, -0.05) is 24.3 Å². The average Bonchev–Trinajstić information content (AvgIpc) is 2.99. The molecule has 0 aliphatic heterocycles. The van der Waals surface area contributed by atoms with E-state index in [0.717, 1.165) is 16.7 Å². The number of amides is 1. The maximum atomic E-state index is 13.2. The van der Waals surface area contributed by atoms with E-state index in [1.165, 1.54) is 12.1 Å². The highest BCUT2D eigenvalue weighted by Gasteiger charge is 2.19. The summed E-state index contributed by atoms with van der Waals surface area (Å²) < 4.78 is 19.0. The highest BCUT2D eigenvalue weighted by molar-refractivity contribution is 5.94. The molecule has 0 fully saturated rings. The summed E-state index contributed by atoms with van der Waals surface area (Å²) in [4.78, 5) is 12.2. The van der Waals surface area contributed by atoms with E-state index in [1.807, 2.05) is 37.3 Å². The summed E-state index contributed by atoms with van der Waals surface area (Å²) >= 11 is 0. The number of fused-ring (bicyclic) bond motifs is 1. The fraction of sp³-hybridized carbons (Fsp3) is 0.211. The molecule has 24 heavy (non-hydrogen) atoms. The highest BCUT2D eigenvalue weighted by Crippen LogP contribution is 2.23. The Morgan fingerprint density at radius 3 is 2.62 bits per heavy atom. The summed E-state index contributed by atoms with van der Waals surface area (Å²) in [7, 11) is 0. The first kappa shape index (κ1) is 16.2. The zero-order valence-corrected chi connectivity index (χ0v) is 13.5. The first-order valence-corrected chi connectivity index (χ1v) is 7.84. The van der Waals surface area contributed by atoms with E-state index in [-0.39, 0.29) is 17.8 Å². The molecule has 2 N–H and O–H groups in total. The minimum absolute atomic E-state index is 0.134. The van der Waals surface area contributed by atoms with Gasteiger partial charge in [0, 0.05) is 11.1 Å². The van der Waals surface area contributed by atoms with Gasteiger partial charge in [0.05, 0.1) is 12.1 Å². The molecule has 4 nitrogen and oxygen atoms in total. The van der Waals surface area contributed by atoms with Gasteiger partial charge in [-0.15, -0.1) is 0 Å². The summed E-state index contributed by atoms with van der Waals surface area (Å²) in [6.45, 7) is 3.69. The minimum Gasteiger partial charge on any atom is -0.459 e. The number of furan rings is 1. The second kappa shape index (κ2) is 6.84. The molecule has 3 rings (SSSR count). The van der Waals surface area contributed by atoms with Gasteiger partial charge < -0.3 is 9.73 Å². The second-order valence-corrected chi connectivity index (χ2v) is 5.80. The molecule has 0 saturated carbocycles. The van der Waals surface area contributed by atoms with Crippen molar-refractivity contribution >= 4 is 22.6 Å². The SMILES string of the molecule is CC(NC(C)c1cc2ccccc2o1)C(=O)Nc1cccc(F)c1. The molecule has 0 spiro atoms. The van der Waals surface area contributed by atoms with Crippen LogP contribution in [0.25, 0.3) is 11.0 Å². The monoisotopic (exact) mass is 326 g/mol. The van der Waals surface area contributed by atoms with Crippen LogP contribution in [0.3, 0.4) is 0 Å². The summed E-state index contributed by atoms with van der Waals surface area (Å²) in [5, 5.41) is 6.91. The zero-order valence-electron chi connectivity index (χ0n) is 13.5. The molecule has 1 aromatic heterocycles. The number of anilines is 1. The van der Waals surface area contributed by atoms with Gasteiger partial charge in [0.25, 0.3) is 0 Å². The van der Waals surface area contributed by atoms with Crippen molar-refractivity contribution < 1.29 is 13.6 Å². The van der Waals surface area contributed by atoms with Gasteiger partial charge in [0.15, 0.2) is 0 Å². The van der Waals surface area contributed by atoms with Crippen molar-refractivity contribution in [2.75, 3.05) is 5.32 Å². The van der Waals surface area contributed by atoms with Crippen molar-refractivity contribution in [2.45, 2.75) is 25.9 Å². The number of rotatable bonds is 5.